The van der Waals surface area contributed by atoms with E-state index in [9.17, 15) is 0 Å². The van der Waals surface area contributed by atoms with E-state index < -0.39 is 0 Å². The normalized spacial score (nSPS) is 24.8. The average Bonchev–Trinajstić information content (AvgIpc) is 2.27. The molecule has 1 aliphatic carbocycles. The molecular formula is C16H29NO. The second-order valence-electron chi connectivity index (χ2n) is 6.71. The van der Waals surface area contributed by atoms with Gasteiger partial charge >= 0.3 is 0 Å². The Kier molecular flexibility index (Phi) is 6.18. The van der Waals surface area contributed by atoms with Crippen molar-refractivity contribution < 1.29 is 4.74 Å². The molecule has 0 unspecified atom stereocenters. The zero-order valence-electron chi connectivity index (χ0n) is 12.8. The van der Waals surface area contributed by atoms with Crippen LogP contribution in [0.2, 0.25) is 0 Å². The molecule has 0 aromatic heterocycles. The highest BCUT2D eigenvalue weighted by Crippen LogP contribution is 2.26. The van der Waals surface area contributed by atoms with Gasteiger partial charge in [0.25, 0.3) is 0 Å². The monoisotopic (exact) mass is 251 g/mol. The minimum Gasteiger partial charge on any atom is -0.368 e. The number of nitrogens with zero attached hydrogens (tertiary/aromatic N) is 1. The van der Waals surface area contributed by atoms with Gasteiger partial charge in [-0.05, 0) is 66.5 Å². The average molecular weight is 251 g/mol. The molecule has 0 aliphatic heterocycles. The Morgan fingerprint density at radius 1 is 1.11 bits per heavy atom. The van der Waals surface area contributed by atoms with Crippen molar-refractivity contribution in [3.63, 3.8) is 0 Å². The van der Waals surface area contributed by atoms with Crippen molar-refractivity contribution in [2.24, 2.45) is 11.3 Å². The number of ether oxygens (including phenoxy) is 1. The molecule has 104 valence electrons. The highest BCUT2D eigenvalue weighted by atomic mass is 16.5. The van der Waals surface area contributed by atoms with Crippen LogP contribution in [0.15, 0.2) is 0 Å². The Bertz CT molecular complexity index is 284. The van der Waals surface area contributed by atoms with E-state index in [-0.39, 0.29) is 5.41 Å². The molecule has 0 saturated heterocycles. The van der Waals surface area contributed by atoms with E-state index in [2.05, 4.69) is 51.6 Å². The fourth-order valence-electron chi connectivity index (χ4n) is 2.41. The van der Waals surface area contributed by atoms with E-state index in [0.717, 1.165) is 18.6 Å². The summed E-state index contributed by atoms with van der Waals surface area (Å²) in [7, 11) is 4.37. The quantitative estimate of drug-likeness (QED) is 0.562. The van der Waals surface area contributed by atoms with Crippen LogP contribution in [0.25, 0.3) is 0 Å². The van der Waals surface area contributed by atoms with E-state index in [1.165, 1.54) is 25.7 Å². The van der Waals surface area contributed by atoms with Crippen molar-refractivity contribution in [3.05, 3.63) is 0 Å². The molecule has 0 aromatic rings. The first kappa shape index (κ1) is 15.5. The summed E-state index contributed by atoms with van der Waals surface area (Å²) in [4.78, 5) is 2.35. The minimum absolute atomic E-state index is 0.0904. The van der Waals surface area contributed by atoms with Gasteiger partial charge in [0.2, 0.25) is 0 Å². The van der Waals surface area contributed by atoms with Gasteiger partial charge in [0, 0.05) is 11.5 Å². The number of hydrogen-bond donors (Lipinski definition) is 0. The van der Waals surface area contributed by atoms with E-state index in [4.69, 9.17) is 4.74 Å². The molecule has 0 bridgehead atoms. The van der Waals surface area contributed by atoms with Crippen LogP contribution < -0.4 is 0 Å². The molecule has 2 heteroatoms. The SMILES string of the molecule is CN(C)C1CCC(COCC#CC(C)(C)C)CC1. The van der Waals surface area contributed by atoms with Gasteiger partial charge in [-0.3, -0.25) is 0 Å². The molecule has 2 nitrogen and oxygen atoms in total. The fourth-order valence-corrected chi connectivity index (χ4v) is 2.41. The first-order valence-electron chi connectivity index (χ1n) is 7.12. The summed E-state index contributed by atoms with van der Waals surface area (Å²) in [5.74, 6) is 7.06. The molecule has 0 heterocycles. The van der Waals surface area contributed by atoms with Crippen LogP contribution >= 0.6 is 0 Å². The van der Waals surface area contributed by atoms with Gasteiger partial charge in [-0.2, -0.15) is 0 Å². The Labute approximate surface area is 113 Å². The van der Waals surface area contributed by atoms with Gasteiger partial charge in [0.1, 0.15) is 6.61 Å². The van der Waals surface area contributed by atoms with E-state index in [1.807, 2.05) is 0 Å². The smallest absolute Gasteiger partial charge is 0.107 e. The summed E-state index contributed by atoms with van der Waals surface area (Å²) in [6, 6.07) is 0.780. The summed E-state index contributed by atoms with van der Waals surface area (Å²) in [6.07, 6.45) is 5.23. The molecule has 1 fully saturated rings. The summed E-state index contributed by atoms with van der Waals surface area (Å²) in [5, 5.41) is 0. The van der Waals surface area contributed by atoms with Gasteiger partial charge in [-0.15, -0.1) is 0 Å². The van der Waals surface area contributed by atoms with Crippen LogP contribution in [0.1, 0.15) is 46.5 Å². The lowest BCUT2D eigenvalue weighted by Gasteiger charge is -2.32. The first-order chi connectivity index (χ1) is 8.38. The number of hydrogen-bond acceptors (Lipinski definition) is 2. The van der Waals surface area contributed by atoms with Crippen molar-refractivity contribution in [2.45, 2.75) is 52.5 Å². The summed E-state index contributed by atoms with van der Waals surface area (Å²) in [5.41, 5.74) is 0.0904. The predicted molar refractivity (Wildman–Crippen MR) is 77.5 cm³/mol. The lowest BCUT2D eigenvalue weighted by molar-refractivity contribution is 0.0905. The van der Waals surface area contributed by atoms with E-state index in [0.29, 0.717) is 6.61 Å². The van der Waals surface area contributed by atoms with Crippen LogP contribution in [0.4, 0.5) is 0 Å². The molecule has 0 N–H and O–H groups in total. The van der Waals surface area contributed by atoms with Crippen molar-refractivity contribution in [2.75, 3.05) is 27.3 Å². The Balaban J connectivity index is 2.13. The third-order valence-electron chi connectivity index (χ3n) is 3.54. The molecule has 1 aliphatic rings. The summed E-state index contributed by atoms with van der Waals surface area (Å²) in [6.45, 7) is 7.86. The predicted octanol–water partition coefficient (Wildman–Crippen LogP) is 3.17. The standard InChI is InChI=1S/C16H29NO/c1-16(2,3)11-6-12-18-13-14-7-9-15(10-8-14)17(4)5/h14-15H,7-10,12-13H2,1-5H3. The maximum atomic E-state index is 5.68. The Morgan fingerprint density at radius 3 is 2.22 bits per heavy atom. The van der Waals surface area contributed by atoms with Gasteiger partial charge in [-0.1, -0.05) is 11.8 Å². The van der Waals surface area contributed by atoms with Gasteiger partial charge in [-0.25, -0.2) is 0 Å². The van der Waals surface area contributed by atoms with Crippen LogP contribution in [-0.4, -0.2) is 38.3 Å². The minimum atomic E-state index is 0.0904. The maximum Gasteiger partial charge on any atom is 0.107 e. The molecular weight excluding hydrogens is 222 g/mol. The summed E-state index contributed by atoms with van der Waals surface area (Å²) >= 11 is 0. The highest BCUT2D eigenvalue weighted by Gasteiger charge is 2.22. The zero-order chi connectivity index (χ0) is 13.6. The third-order valence-corrected chi connectivity index (χ3v) is 3.54. The zero-order valence-corrected chi connectivity index (χ0v) is 12.8. The van der Waals surface area contributed by atoms with Gasteiger partial charge < -0.3 is 9.64 Å². The van der Waals surface area contributed by atoms with Gasteiger partial charge in [0.05, 0.1) is 6.61 Å². The highest BCUT2D eigenvalue weighted by molar-refractivity contribution is 5.07. The van der Waals surface area contributed by atoms with Crippen molar-refractivity contribution >= 4 is 0 Å². The van der Waals surface area contributed by atoms with Crippen molar-refractivity contribution in [1.82, 2.24) is 4.90 Å². The molecule has 1 saturated carbocycles. The summed E-state index contributed by atoms with van der Waals surface area (Å²) < 4.78 is 5.68. The lowest BCUT2D eigenvalue weighted by Crippen LogP contribution is -2.33. The van der Waals surface area contributed by atoms with Gasteiger partial charge in [0.15, 0.2) is 0 Å². The molecule has 0 aromatic carbocycles. The molecule has 0 radical (unpaired) electrons. The van der Waals surface area contributed by atoms with E-state index in [1.54, 1.807) is 0 Å². The Hall–Kier alpha value is -0.520. The second kappa shape index (κ2) is 7.16. The molecule has 0 atom stereocenters. The largest absolute Gasteiger partial charge is 0.368 e. The first-order valence-corrected chi connectivity index (χ1v) is 7.12. The Morgan fingerprint density at radius 2 is 1.72 bits per heavy atom. The third kappa shape index (κ3) is 6.42. The molecule has 0 amide bonds. The number of rotatable bonds is 4. The van der Waals surface area contributed by atoms with Crippen LogP contribution in [-0.2, 0) is 4.74 Å². The van der Waals surface area contributed by atoms with E-state index >= 15 is 0 Å². The lowest BCUT2D eigenvalue weighted by atomic mass is 9.86. The van der Waals surface area contributed by atoms with Crippen LogP contribution in [0, 0.1) is 23.2 Å². The van der Waals surface area contributed by atoms with Crippen LogP contribution in [0.5, 0.6) is 0 Å². The molecule has 1 rings (SSSR count). The van der Waals surface area contributed by atoms with Crippen molar-refractivity contribution in [3.8, 4) is 11.8 Å². The molecule has 0 spiro atoms. The van der Waals surface area contributed by atoms with Crippen molar-refractivity contribution in [1.29, 1.82) is 0 Å². The second-order valence-corrected chi connectivity index (χ2v) is 6.71. The van der Waals surface area contributed by atoms with Crippen LogP contribution in [0.3, 0.4) is 0 Å². The maximum absolute atomic E-state index is 5.68. The topological polar surface area (TPSA) is 12.5 Å². The molecule has 18 heavy (non-hydrogen) atoms. The fraction of sp³-hybridized carbons (Fsp3) is 0.875.